The van der Waals surface area contributed by atoms with Gasteiger partial charge < -0.3 is 14.6 Å². The summed E-state index contributed by atoms with van der Waals surface area (Å²) in [5, 5.41) is 10.8. The maximum atomic E-state index is 11.8. The largest absolute Gasteiger partial charge is 0.476 e. The lowest BCUT2D eigenvalue weighted by molar-refractivity contribution is -0.150. The van der Waals surface area contributed by atoms with Gasteiger partial charge in [-0.05, 0) is 0 Å². The van der Waals surface area contributed by atoms with Gasteiger partial charge in [-0.3, -0.25) is 14.5 Å². The molecule has 0 bridgehead atoms. The number of hydrogen-bond acceptors (Lipinski definition) is 7. The molecule has 1 saturated heterocycles. The third-order valence-electron chi connectivity index (χ3n) is 2.64. The fourth-order valence-electron chi connectivity index (χ4n) is 1.93. The molecule has 1 fully saturated rings. The number of aliphatic carboxylic acids is 1. The van der Waals surface area contributed by atoms with Crippen molar-refractivity contribution in [1.82, 2.24) is 10.2 Å². The minimum atomic E-state index is -3.89. The molecule has 0 aromatic heterocycles. The predicted molar refractivity (Wildman–Crippen MR) is 66.7 cm³/mol. The lowest BCUT2D eigenvalue weighted by Crippen LogP contribution is -2.69. The van der Waals surface area contributed by atoms with Crippen LogP contribution in [0.5, 0.6) is 0 Å². The van der Waals surface area contributed by atoms with E-state index in [0.717, 1.165) is 22.9 Å². The SMILES string of the molecule is CS(=O)(=O)OC1=C(C(=O)O)N2C(=O)C(NC=O)[C@@H]2SC1. The van der Waals surface area contributed by atoms with Crippen LogP contribution >= 0.6 is 11.8 Å². The Kier molecular flexibility index (Phi) is 3.65. The molecule has 2 amide bonds. The number of nitrogens with zero attached hydrogens (tertiary/aromatic N) is 1. The summed E-state index contributed by atoms with van der Waals surface area (Å²) in [5.41, 5.74) is -0.506. The van der Waals surface area contributed by atoms with Gasteiger partial charge in [-0.2, -0.15) is 8.42 Å². The molecule has 110 valence electrons. The number of carboxylic acid groups (broad SMARTS) is 1. The van der Waals surface area contributed by atoms with Gasteiger partial charge in [0.15, 0.2) is 11.5 Å². The van der Waals surface area contributed by atoms with Gasteiger partial charge >= 0.3 is 16.1 Å². The number of β-lactam (4-membered cyclic amide) rings is 1. The Labute approximate surface area is 118 Å². The van der Waals surface area contributed by atoms with Crippen LogP contribution in [0.25, 0.3) is 0 Å². The van der Waals surface area contributed by atoms with Crippen LogP contribution in [0, 0.1) is 0 Å². The van der Waals surface area contributed by atoms with E-state index >= 15 is 0 Å². The summed E-state index contributed by atoms with van der Waals surface area (Å²) in [6.45, 7) is 0. The first kappa shape index (κ1) is 14.7. The van der Waals surface area contributed by atoms with Crippen molar-refractivity contribution < 1.29 is 32.1 Å². The number of hydrogen-bond donors (Lipinski definition) is 2. The summed E-state index contributed by atoms with van der Waals surface area (Å²) >= 11 is 1.11. The highest BCUT2D eigenvalue weighted by Gasteiger charge is 2.54. The van der Waals surface area contributed by atoms with Gasteiger partial charge in [0.25, 0.3) is 5.91 Å². The van der Waals surface area contributed by atoms with Crippen molar-refractivity contribution in [3.63, 3.8) is 0 Å². The predicted octanol–water partition coefficient (Wildman–Crippen LogP) is -1.71. The average molecular weight is 322 g/mol. The summed E-state index contributed by atoms with van der Waals surface area (Å²) in [5.74, 6) is -2.42. The molecule has 9 nitrogen and oxygen atoms in total. The quantitative estimate of drug-likeness (QED) is 0.347. The van der Waals surface area contributed by atoms with Crippen LogP contribution in [0.3, 0.4) is 0 Å². The van der Waals surface area contributed by atoms with Gasteiger partial charge in [-0.1, -0.05) is 0 Å². The lowest BCUT2D eigenvalue weighted by Gasteiger charge is -2.48. The molecular formula is C9H10N2O7S2. The van der Waals surface area contributed by atoms with Crippen molar-refractivity contribution in [2.75, 3.05) is 12.0 Å². The molecule has 0 aromatic carbocycles. The molecule has 20 heavy (non-hydrogen) atoms. The second-order valence-corrected chi connectivity index (χ2v) is 6.72. The van der Waals surface area contributed by atoms with E-state index in [4.69, 9.17) is 5.11 Å². The van der Waals surface area contributed by atoms with Gasteiger partial charge in [-0.25, -0.2) is 4.79 Å². The summed E-state index contributed by atoms with van der Waals surface area (Å²) in [7, 11) is -3.89. The first-order valence-electron chi connectivity index (χ1n) is 5.26. The van der Waals surface area contributed by atoms with Crippen molar-refractivity contribution in [1.29, 1.82) is 0 Å². The molecule has 11 heteroatoms. The standard InChI is InChI=1S/C9H10N2O7S2/c1-20(16,17)18-4-2-19-8-5(10-3-12)7(13)11(8)6(4)9(14)15/h3,5,8H,2H2,1H3,(H,10,12)(H,14,15)/t5?,8-/m0/s1. The second kappa shape index (κ2) is 4.98. The van der Waals surface area contributed by atoms with Crippen LogP contribution in [-0.2, 0) is 28.7 Å². The number of carbonyl (C=O) groups excluding carboxylic acids is 2. The van der Waals surface area contributed by atoms with E-state index in [0.29, 0.717) is 6.41 Å². The molecule has 0 aliphatic carbocycles. The number of carboxylic acids is 1. The molecule has 0 radical (unpaired) electrons. The Morgan fingerprint density at radius 3 is 2.75 bits per heavy atom. The highest BCUT2D eigenvalue weighted by Crippen LogP contribution is 2.40. The van der Waals surface area contributed by atoms with E-state index < -0.39 is 39.1 Å². The van der Waals surface area contributed by atoms with Crippen LogP contribution in [0.15, 0.2) is 11.5 Å². The van der Waals surface area contributed by atoms with Gasteiger partial charge in [0.1, 0.15) is 11.4 Å². The average Bonchev–Trinajstić information content (AvgIpc) is 2.33. The molecule has 1 unspecified atom stereocenters. The zero-order chi connectivity index (χ0) is 15.1. The van der Waals surface area contributed by atoms with Gasteiger partial charge in [0.05, 0.1) is 12.0 Å². The Morgan fingerprint density at radius 2 is 2.25 bits per heavy atom. The number of fused-ring (bicyclic) bond motifs is 1. The fourth-order valence-corrected chi connectivity index (χ4v) is 3.77. The lowest BCUT2D eigenvalue weighted by atomic mass is 10.1. The van der Waals surface area contributed by atoms with Gasteiger partial charge in [0.2, 0.25) is 6.41 Å². The van der Waals surface area contributed by atoms with Crippen LogP contribution in [0.4, 0.5) is 0 Å². The Hall–Kier alpha value is -1.75. The van der Waals surface area contributed by atoms with Crippen LogP contribution < -0.4 is 5.32 Å². The molecule has 2 N–H and O–H groups in total. The van der Waals surface area contributed by atoms with Crippen LogP contribution in [0.2, 0.25) is 0 Å². The zero-order valence-corrected chi connectivity index (χ0v) is 11.7. The molecule has 0 aromatic rings. The highest BCUT2D eigenvalue weighted by atomic mass is 32.2. The van der Waals surface area contributed by atoms with Crippen LogP contribution in [-0.4, -0.2) is 60.1 Å². The number of amides is 2. The van der Waals surface area contributed by atoms with E-state index in [2.05, 4.69) is 9.50 Å². The normalized spacial score (nSPS) is 25.6. The van der Waals surface area contributed by atoms with Crippen molar-refractivity contribution in [2.24, 2.45) is 0 Å². The third-order valence-corrected chi connectivity index (χ3v) is 4.39. The molecule has 2 heterocycles. The zero-order valence-electron chi connectivity index (χ0n) is 10.1. The molecular weight excluding hydrogens is 312 g/mol. The molecule has 0 spiro atoms. The molecule has 0 saturated carbocycles. The Balaban J connectivity index is 2.35. The smallest absolute Gasteiger partial charge is 0.356 e. The van der Waals surface area contributed by atoms with E-state index in [1.165, 1.54) is 0 Å². The summed E-state index contributed by atoms with van der Waals surface area (Å²) < 4.78 is 26.8. The highest BCUT2D eigenvalue weighted by molar-refractivity contribution is 8.00. The number of nitrogens with one attached hydrogen (secondary N) is 1. The summed E-state index contributed by atoms with van der Waals surface area (Å²) in [6.07, 6.45) is 1.14. The summed E-state index contributed by atoms with van der Waals surface area (Å²) in [4.78, 5) is 34.3. The molecule has 2 aliphatic rings. The Morgan fingerprint density at radius 1 is 1.60 bits per heavy atom. The van der Waals surface area contributed by atoms with E-state index in [-0.39, 0.29) is 11.5 Å². The van der Waals surface area contributed by atoms with Crippen LogP contribution in [0.1, 0.15) is 0 Å². The molecule has 2 rings (SSSR count). The molecule has 2 atom stereocenters. The second-order valence-electron chi connectivity index (χ2n) is 4.04. The van der Waals surface area contributed by atoms with Crippen molar-refractivity contribution in [3.8, 4) is 0 Å². The van der Waals surface area contributed by atoms with E-state index in [1.54, 1.807) is 0 Å². The van der Waals surface area contributed by atoms with E-state index in [1.807, 2.05) is 0 Å². The molecule has 2 aliphatic heterocycles. The topological polar surface area (TPSA) is 130 Å². The maximum Gasteiger partial charge on any atom is 0.356 e. The number of rotatable bonds is 5. The van der Waals surface area contributed by atoms with Crippen molar-refractivity contribution in [3.05, 3.63) is 11.5 Å². The fraction of sp³-hybridized carbons (Fsp3) is 0.444. The third kappa shape index (κ3) is 2.45. The minimum Gasteiger partial charge on any atom is -0.476 e. The first-order chi connectivity index (χ1) is 9.26. The number of carbonyl (C=O) groups is 3. The first-order valence-corrected chi connectivity index (χ1v) is 8.13. The summed E-state index contributed by atoms with van der Waals surface area (Å²) in [6, 6.07) is -0.813. The monoisotopic (exact) mass is 322 g/mol. The Bertz CT molecular complexity index is 612. The maximum absolute atomic E-state index is 11.8. The van der Waals surface area contributed by atoms with Crippen molar-refractivity contribution >= 4 is 40.2 Å². The van der Waals surface area contributed by atoms with Crippen molar-refractivity contribution in [2.45, 2.75) is 11.4 Å². The minimum absolute atomic E-state index is 0.0276. The van der Waals surface area contributed by atoms with Gasteiger partial charge in [-0.15, -0.1) is 11.8 Å². The number of thioether (sulfide) groups is 1. The van der Waals surface area contributed by atoms with Gasteiger partial charge in [0, 0.05) is 0 Å². The van der Waals surface area contributed by atoms with E-state index in [9.17, 15) is 22.8 Å².